The van der Waals surface area contributed by atoms with Gasteiger partial charge >= 0.3 is 6.03 Å². The zero-order valence-electron chi connectivity index (χ0n) is 12.2. The lowest BCUT2D eigenvalue weighted by Crippen LogP contribution is -2.34. The van der Waals surface area contributed by atoms with Crippen LogP contribution in [0, 0.1) is 11.6 Å². The maximum absolute atomic E-state index is 13.2. The standard InChI is InChI=1S/C17H15ClF2N2O/c18-14-10-13(7-8-15(14)20)21-17(23)22-9-1-2-16(22)11-3-5-12(19)6-4-11/h3-8,10,16H,1-2,9H2,(H,21,23). The summed E-state index contributed by atoms with van der Waals surface area (Å²) in [6.07, 6.45) is 1.70. The maximum atomic E-state index is 13.2. The molecule has 6 heteroatoms. The predicted octanol–water partition coefficient (Wildman–Crippen LogP) is 4.99. The quantitative estimate of drug-likeness (QED) is 0.823. The Bertz CT molecular complexity index is 721. The second-order valence-corrected chi connectivity index (χ2v) is 5.87. The molecule has 23 heavy (non-hydrogen) atoms. The molecular formula is C17H15ClF2N2O. The van der Waals surface area contributed by atoms with Crippen molar-refractivity contribution in [3.05, 3.63) is 64.7 Å². The van der Waals surface area contributed by atoms with Gasteiger partial charge in [0.2, 0.25) is 0 Å². The van der Waals surface area contributed by atoms with Crippen molar-refractivity contribution >= 4 is 23.3 Å². The normalized spacial score (nSPS) is 17.3. The first-order chi connectivity index (χ1) is 11.0. The van der Waals surface area contributed by atoms with Crippen molar-refractivity contribution in [3.8, 4) is 0 Å². The molecule has 0 radical (unpaired) electrons. The minimum Gasteiger partial charge on any atom is -0.317 e. The van der Waals surface area contributed by atoms with Crippen LogP contribution >= 0.6 is 11.6 Å². The van der Waals surface area contributed by atoms with E-state index in [9.17, 15) is 13.6 Å². The molecular weight excluding hydrogens is 322 g/mol. The molecule has 1 saturated heterocycles. The number of halogens is 3. The second kappa shape index (κ2) is 6.54. The highest BCUT2D eigenvalue weighted by atomic mass is 35.5. The predicted molar refractivity (Wildman–Crippen MR) is 85.5 cm³/mol. The van der Waals surface area contributed by atoms with Gasteiger partial charge in [0.25, 0.3) is 0 Å². The Hall–Kier alpha value is -2.14. The second-order valence-electron chi connectivity index (χ2n) is 5.46. The number of hydrogen-bond acceptors (Lipinski definition) is 1. The third kappa shape index (κ3) is 3.45. The fourth-order valence-electron chi connectivity index (χ4n) is 2.81. The van der Waals surface area contributed by atoms with Crippen molar-refractivity contribution in [1.29, 1.82) is 0 Å². The Balaban J connectivity index is 1.75. The highest BCUT2D eigenvalue weighted by Gasteiger charge is 2.30. The van der Waals surface area contributed by atoms with Crippen LogP contribution in [0.1, 0.15) is 24.4 Å². The van der Waals surface area contributed by atoms with Crippen molar-refractivity contribution in [2.75, 3.05) is 11.9 Å². The van der Waals surface area contributed by atoms with Gasteiger partial charge in [-0.2, -0.15) is 0 Å². The van der Waals surface area contributed by atoms with E-state index in [1.54, 1.807) is 17.0 Å². The zero-order chi connectivity index (χ0) is 16.4. The number of rotatable bonds is 2. The Kier molecular flexibility index (Phi) is 4.48. The van der Waals surface area contributed by atoms with E-state index >= 15 is 0 Å². The Morgan fingerprint density at radius 1 is 1.17 bits per heavy atom. The molecule has 0 spiro atoms. The summed E-state index contributed by atoms with van der Waals surface area (Å²) in [6.45, 7) is 0.614. The van der Waals surface area contributed by atoms with E-state index in [0.717, 1.165) is 18.4 Å². The lowest BCUT2D eigenvalue weighted by molar-refractivity contribution is 0.207. The molecule has 0 aliphatic carbocycles. The summed E-state index contributed by atoms with van der Waals surface area (Å²) in [7, 11) is 0. The highest BCUT2D eigenvalue weighted by Crippen LogP contribution is 2.32. The summed E-state index contributed by atoms with van der Waals surface area (Å²) >= 11 is 5.72. The molecule has 1 aliphatic rings. The van der Waals surface area contributed by atoms with E-state index in [4.69, 9.17) is 11.6 Å². The molecule has 1 unspecified atom stereocenters. The topological polar surface area (TPSA) is 32.3 Å². The van der Waals surface area contributed by atoms with Gasteiger partial charge in [-0.05, 0) is 48.7 Å². The smallest absolute Gasteiger partial charge is 0.317 e. The number of amides is 2. The number of benzene rings is 2. The fourth-order valence-corrected chi connectivity index (χ4v) is 2.99. The number of carbonyl (C=O) groups excluding carboxylic acids is 1. The van der Waals surface area contributed by atoms with Gasteiger partial charge in [-0.3, -0.25) is 0 Å². The molecule has 0 bridgehead atoms. The van der Waals surface area contributed by atoms with Gasteiger partial charge in [-0.25, -0.2) is 13.6 Å². The molecule has 3 rings (SSSR count). The number of nitrogens with one attached hydrogen (secondary N) is 1. The van der Waals surface area contributed by atoms with Crippen LogP contribution in [0.5, 0.6) is 0 Å². The monoisotopic (exact) mass is 336 g/mol. The average Bonchev–Trinajstić information content (AvgIpc) is 3.01. The van der Waals surface area contributed by atoms with E-state index in [0.29, 0.717) is 12.2 Å². The minimum absolute atomic E-state index is 0.0423. The van der Waals surface area contributed by atoms with Crippen molar-refractivity contribution in [1.82, 2.24) is 4.90 Å². The highest BCUT2D eigenvalue weighted by molar-refractivity contribution is 6.31. The Morgan fingerprint density at radius 3 is 2.61 bits per heavy atom. The summed E-state index contributed by atoms with van der Waals surface area (Å²) in [5.74, 6) is -0.835. The molecule has 1 fully saturated rings. The molecule has 3 nitrogen and oxygen atoms in total. The summed E-state index contributed by atoms with van der Waals surface area (Å²) in [4.78, 5) is 14.2. The fraction of sp³-hybridized carbons (Fsp3) is 0.235. The largest absolute Gasteiger partial charge is 0.322 e. The van der Waals surface area contributed by atoms with E-state index in [-0.39, 0.29) is 22.9 Å². The van der Waals surface area contributed by atoms with E-state index in [1.165, 1.54) is 30.3 Å². The number of nitrogens with zero attached hydrogens (tertiary/aromatic N) is 1. The molecule has 0 aromatic heterocycles. The number of urea groups is 1. The molecule has 0 saturated carbocycles. The Labute approximate surface area is 137 Å². The number of likely N-dealkylation sites (tertiary alicyclic amines) is 1. The summed E-state index contributed by atoms with van der Waals surface area (Å²) in [6, 6.07) is 9.85. The number of hydrogen-bond donors (Lipinski definition) is 1. The third-order valence-electron chi connectivity index (χ3n) is 3.94. The minimum atomic E-state index is -0.532. The van der Waals surface area contributed by atoms with Crippen LogP contribution in [0.2, 0.25) is 5.02 Å². The molecule has 1 aliphatic heterocycles. The molecule has 2 amide bonds. The van der Waals surface area contributed by atoms with Crippen LogP contribution in [0.4, 0.5) is 19.3 Å². The van der Waals surface area contributed by atoms with Gasteiger partial charge in [-0.15, -0.1) is 0 Å². The summed E-state index contributed by atoms with van der Waals surface area (Å²) in [5.41, 5.74) is 1.34. The van der Waals surface area contributed by atoms with Gasteiger partial charge in [0, 0.05) is 12.2 Å². The van der Waals surface area contributed by atoms with Crippen molar-refractivity contribution in [2.24, 2.45) is 0 Å². The average molecular weight is 337 g/mol. The molecule has 1 N–H and O–H groups in total. The van der Waals surface area contributed by atoms with Crippen LogP contribution in [0.15, 0.2) is 42.5 Å². The van der Waals surface area contributed by atoms with Gasteiger partial charge in [0.1, 0.15) is 11.6 Å². The number of anilines is 1. The third-order valence-corrected chi connectivity index (χ3v) is 4.23. The van der Waals surface area contributed by atoms with Gasteiger partial charge in [0.05, 0.1) is 11.1 Å². The van der Waals surface area contributed by atoms with E-state index < -0.39 is 5.82 Å². The lowest BCUT2D eigenvalue weighted by atomic mass is 10.0. The first-order valence-corrected chi connectivity index (χ1v) is 7.70. The van der Waals surface area contributed by atoms with Crippen LogP contribution in [-0.4, -0.2) is 17.5 Å². The first kappa shape index (κ1) is 15.7. The van der Waals surface area contributed by atoms with Crippen LogP contribution in [0.3, 0.4) is 0 Å². The van der Waals surface area contributed by atoms with Gasteiger partial charge < -0.3 is 10.2 Å². The molecule has 2 aromatic rings. The summed E-state index contributed by atoms with van der Waals surface area (Å²) < 4.78 is 26.2. The first-order valence-electron chi connectivity index (χ1n) is 7.33. The van der Waals surface area contributed by atoms with E-state index in [2.05, 4.69) is 5.32 Å². The van der Waals surface area contributed by atoms with Gasteiger partial charge in [-0.1, -0.05) is 23.7 Å². The Morgan fingerprint density at radius 2 is 1.91 bits per heavy atom. The van der Waals surface area contributed by atoms with Crippen molar-refractivity contribution < 1.29 is 13.6 Å². The number of carbonyl (C=O) groups is 1. The van der Waals surface area contributed by atoms with Crippen molar-refractivity contribution in [3.63, 3.8) is 0 Å². The van der Waals surface area contributed by atoms with Crippen LogP contribution in [-0.2, 0) is 0 Å². The maximum Gasteiger partial charge on any atom is 0.322 e. The van der Waals surface area contributed by atoms with E-state index in [1.807, 2.05) is 0 Å². The summed E-state index contributed by atoms with van der Waals surface area (Å²) in [5, 5.41) is 2.68. The SMILES string of the molecule is O=C(Nc1ccc(F)c(Cl)c1)N1CCCC1c1ccc(F)cc1. The van der Waals surface area contributed by atoms with Crippen molar-refractivity contribution in [2.45, 2.75) is 18.9 Å². The van der Waals surface area contributed by atoms with Gasteiger partial charge in [0.15, 0.2) is 0 Å². The molecule has 1 heterocycles. The lowest BCUT2D eigenvalue weighted by Gasteiger charge is -2.25. The molecule has 120 valence electrons. The molecule has 2 aromatic carbocycles. The van der Waals surface area contributed by atoms with Crippen LogP contribution in [0.25, 0.3) is 0 Å². The zero-order valence-corrected chi connectivity index (χ0v) is 13.0. The molecule has 1 atom stereocenters. The van der Waals surface area contributed by atoms with Crippen LogP contribution < -0.4 is 5.32 Å².